The van der Waals surface area contributed by atoms with Crippen molar-refractivity contribution >= 4 is 6.08 Å². The normalized spacial score (nSPS) is 17.7. The first-order valence-electron chi connectivity index (χ1n) is 7.32. The van der Waals surface area contributed by atoms with Crippen LogP contribution in [0.2, 0.25) is 0 Å². The summed E-state index contributed by atoms with van der Waals surface area (Å²) in [6.45, 7) is 2.76. The third-order valence-electron chi connectivity index (χ3n) is 4.04. The minimum atomic E-state index is -0.120. The maximum absolute atomic E-state index is 13.3. The van der Waals surface area contributed by atoms with Gasteiger partial charge >= 0.3 is 0 Å². The second kappa shape index (κ2) is 6.85. The monoisotopic (exact) mass is 261 g/mol. The molecule has 0 amide bonds. The number of benzene rings is 1. The number of rotatable bonds is 4. The van der Waals surface area contributed by atoms with E-state index < -0.39 is 0 Å². The van der Waals surface area contributed by atoms with Gasteiger partial charge in [0.25, 0.3) is 0 Å². The van der Waals surface area contributed by atoms with Crippen LogP contribution in [0.5, 0.6) is 0 Å². The molecule has 2 rings (SSSR count). The minimum absolute atomic E-state index is 0.120. The Hall–Kier alpha value is -1.15. The minimum Gasteiger partial charge on any atom is -0.316 e. The van der Waals surface area contributed by atoms with Crippen molar-refractivity contribution in [3.05, 3.63) is 40.7 Å². The summed E-state index contributed by atoms with van der Waals surface area (Å²) in [4.78, 5) is 0. The van der Waals surface area contributed by atoms with Gasteiger partial charge in [-0.3, -0.25) is 0 Å². The highest BCUT2D eigenvalue weighted by Gasteiger charge is 2.17. The summed E-state index contributed by atoms with van der Waals surface area (Å²) < 4.78 is 13.3. The summed E-state index contributed by atoms with van der Waals surface area (Å²) in [5, 5.41) is 3.27. The zero-order valence-electron chi connectivity index (χ0n) is 12.0. The van der Waals surface area contributed by atoms with Crippen LogP contribution in [0.1, 0.15) is 43.2 Å². The molecule has 0 spiro atoms. The van der Waals surface area contributed by atoms with Crippen LogP contribution in [-0.4, -0.2) is 13.6 Å². The molecule has 0 saturated heterocycles. The summed E-state index contributed by atoms with van der Waals surface area (Å²) in [7, 11) is 1.99. The summed E-state index contributed by atoms with van der Waals surface area (Å²) >= 11 is 0. The Balaban J connectivity index is 2.20. The molecule has 1 aromatic rings. The largest absolute Gasteiger partial charge is 0.316 e. The van der Waals surface area contributed by atoms with E-state index in [1.54, 1.807) is 6.07 Å². The van der Waals surface area contributed by atoms with Crippen molar-refractivity contribution in [1.82, 2.24) is 5.32 Å². The lowest BCUT2D eigenvalue weighted by Crippen LogP contribution is -2.19. The topological polar surface area (TPSA) is 12.0 Å². The average molecular weight is 261 g/mol. The van der Waals surface area contributed by atoms with E-state index in [0.717, 1.165) is 17.7 Å². The Kier molecular flexibility index (Phi) is 5.15. The Morgan fingerprint density at radius 3 is 2.68 bits per heavy atom. The molecule has 1 aliphatic carbocycles. The van der Waals surface area contributed by atoms with Gasteiger partial charge in [0.2, 0.25) is 0 Å². The highest BCUT2D eigenvalue weighted by molar-refractivity contribution is 5.55. The summed E-state index contributed by atoms with van der Waals surface area (Å²) in [5.41, 5.74) is 3.31. The van der Waals surface area contributed by atoms with E-state index in [9.17, 15) is 4.39 Å². The molecule has 1 nitrogen and oxygen atoms in total. The molecule has 0 heterocycles. The molecule has 0 atom stereocenters. The number of aryl methyl sites for hydroxylation is 1. The average Bonchev–Trinajstić information content (AvgIpc) is 2.43. The van der Waals surface area contributed by atoms with Crippen molar-refractivity contribution in [2.75, 3.05) is 13.6 Å². The predicted octanol–water partition coefficient (Wildman–Crippen LogP) is 4.32. The fourth-order valence-corrected chi connectivity index (χ4v) is 2.96. The summed E-state index contributed by atoms with van der Waals surface area (Å²) in [5.74, 6) is 0.580. The van der Waals surface area contributed by atoms with Crippen LogP contribution in [-0.2, 0) is 0 Å². The first kappa shape index (κ1) is 14.3. The third-order valence-corrected chi connectivity index (χ3v) is 4.04. The van der Waals surface area contributed by atoms with Gasteiger partial charge in [0.05, 0.1) is 0 Å². The SMILES string of the molecule is CNCC(=Cc1ccc(F)c(C)c1)C1CCCCC1. The molecule has 0 bridgehead atoms. The van der Waals surface area contributed by atoms with E-state index in [1.165, 1.54) is 37.7 Å². The van der Waals surface area contributed by atoms with Crippen LogP contribution in [0.15, 0.2) is 23.8 Å². The van der Waals surface area contributed by atoms with Crippen LogP contribution in [0, 0.1) is 18.7 Å². The lowest BCUT2D eigenvalue weighted by atomic mass is 9.83. The molecule has 0 aliphatic heterocycles. The molecule has 0 unspecified atom stereocenters. The van der Waals surface area contributed by atoms with E-state index in [0.29, 0.717) is 5.92 Å². The zero-order valence-corrected chi connectivity index (χ0v) is 12.0. The maximum Gasteiger partial charge on any atom is 0.126 e. The zero-order chi connectivity index (χ0) is 13.7. The fraction of sp³-hybridized carbons (Fsp3) is 0.529. The van der Waals surface area contributed by atoms with Gasteiger partial charge in [-0.2, -0.15) is 0 Å². The van der Waals surface area contributed by atoms with Gasteiger partial charge in [0.1, 0.15) is 5.82 Å². The van der Waals surface area contributed by atoms with E-state index in [4.69, 9.17) is 0 Å². The molecule has 1 N–H and O–H groups in total. The van der Waals surface area contributed by atoms with Gasteiger partial charge in [-0.05, 0) is 56.0 Å². The second-order valence-electron chi connectivity index (χ2n) is 5.59. The van der Waals surface area contributed by atoms with Crippen molar-refractivity contribution in [2.24, 2.45) is 5.92 Å². The molecule has 2 heteroatoms. The van der Waals surface area contributed by atoms with Crippen molar-refractivity contribution in [1.29, 1.82) is 0 Å². The van der Waals surface area contributed by atoms with Crippen LogP contribution in [0.25, 0.3) is 6.08 Å². The van der Waals surface area contributed by atoms with Gasteiger partial charge in [0.15, 0.2) is 0 Å². The Morgan fingerprint density at radius 1 is 1.32 bits per heavy atom. The lowest BCUT2D eigenvalue weighted by molar-refractivity contribution is 0.398. The van der Waals surface area contributed by atoms with Gasteiger partial charge in [0, 0.05) is 6.54 Å². The highest BCUT2D eigenvalue weighted by atomic mass is 19.1. The number of halogens is 1. The Labute approximate surface area is 115 Å². The number of likely N-dealkylation sites (N-methyl/N-ethyl adjacent to an activating group) is 1. The maximum atomic E-state index is 13.3. The van der Waals surface area contributed by atoms with Crippen LogP contribution < -0.4 is 5.32 Å². The van der Waals surface area contributed by atoms with Crippen LogP contribution in [0.3, 0.4) is 0 Å². The Morgan fingerprint density at radius 2 is 2.05 bits per heavy atom. The summed E-state index contributed by atoms with van der Waals surface area (Å²) in [6, 6.07) is 5.38. The predicted molar refractivity (Wildman–Crippen MR) is 79.6 cm³/mol. The molecular formula is C17H24FN. The van der Waals surface area contributed by atoms with Gasteiger partial charge in [-0.1, -0.05) is 37.0 Å². The Bertz CT molecular complexity index is 445. The smallest absolute Gasteiger partial charge is 0.126 e. The molecule has 0 aromatic heterocycles. The third kappa shape index (κ3) is 3.90. The van der Waals surface area contributed by atoms with Gasteiger partial charge in [-0.15, -0.1) is 0 Å². The quantitative estimate of drug-likeness (QED) is 0.851. The number of hydrogen-bond acceptors (Lipinski definition) is 1. The standard InChI is InChI=1S/C17H24FN/c1-13-10-14(8-9-17(13)18)11-16(12-19-2)15-6-4-3-5-7-15/h8-11,15,19H,3-7,12H2,1-2H3. The van der Waals surface area contributed by atoms with Crippen molar-refractivity contribution < 1.29 is 4.39 Å². The molecule has 1 saturated carbocycles. The van der Waals surface area contributed by atoms with Crippen molar-refractivity contribution in [3.63, 3.8) is 0 Å². The lowest BCUT2D eigenvalue weighted by Gasteiger charge is -2.24. The molecule has 1 aliphatic rings. The van der Waals surface area contributed by atoms with Gasteiger partial charge in [-0.25, -0.2) is 4.39 Å². The highest BCUT2D eigenvalue weighted by Crippen LogP contribution is 2.30. The molecule has 1 aromatic carbocycles. The second-order valence-corrected chi connectivity index (χ2v) is 5.59. The first-order chi connectivity index (χ1) is 9.20. The molecule has 19 heavy (non-hydrogen) atoms. The summed E-state index contributed by atoms with van der Waals surface area (Å²) in [6.07, 6.45) is 8.90. The van der Waals surface area contributed by atoms with E-state index in [2.05, 4.69) is 11.4 Å². The number of hydrogen-bond donors (Lipinski definition) is 1. The van der Waals surface area contributed by atoms with Crippen LogP contribution >= 0.6 is 0 Å². The molecule has 1 fully saturated rings. The van der Waals surface area contributed by atoms with E-state index >= 15 is 0 Å². The molecular weight excluding hydrogens is 237 g/mol. The van der Waals surface area contributed by atoms with Crippen molar-refractivity contribution in [2.45, 2.75) is 39.0 Å². The number of nitrogens with one attached hydrogen (secondary N) is 1. The fourth-order valence-electron chi connectivity index (χ4n) is 2.96. The van der Waals surface area contributed by atoms with Crippen LogP contribution in [0.4, 0.5) is 4.39 Å². The van der Waals surface area contributed by atoms with Gasteiger partial charge < -0.3 is 5.32 Å². The first-order valence-corrected chi connectivity index (χ1v) is 7.32. The molecule has 0 radical (unpaired) electrons. The van der Waals surface area contributed by atoms with E-state index in [1.807, 2.05) is 26.1 Å². The van der Waals surface area contributed by atoms with E-state index in [-0.39, 0.29) is 5.82 Å². The molecule has 104 valence electrons. The van der Waals surface area contributed by atoms with Crippen molar-refractivity contribution in [3.8, 4) is 0 Å².